The Labute approximate surface area is 179 Å². The van der Waals surface area contributed by atoms with Gasteiger partial charge in [0.15, 0.2) is 5.16 Å². The maximum absolute atomic E-state index is 13.8. The minimum Gasteiger partial charge on any atom is -0.325 e. The van der Waals surface area contributed by atoms with E-state index in [1.807, 2.05) is 6.92 Å². The van der Waals surface area contributed by atoms with Gasteiger partial charge in [-0.2, -0.15) is 0 Å². The van der Waals surface area contributed by atoms with E-state index in [0.29, 0.717) is 40.1 Å². The van der Waals surface area contributed by atoms with Gasteiger partial charge in [-0.1, -0.05) is 30.3 Å². The van der Waals surface area contributed by atoms with Crippen molar-refractivity contribution >= 4 is 51.6 Å². The first-order valence-electron chi connectivity index (χ1n) is 9.23. The summed E-state index contributed by atoms with van der Waals surface area (Å²) in [5.74, 6) is -0.275. The molecule has 2 aromatic heterocycles. The number of amides is 1. The number of carbonyl (C=O) groups excluding carboxylic acids is 1. The van der Waals surface area contributed by atoms with Crippen LogP contribution in [0.5, 0.6) is 0 Å². The smallest absolute Gasteiger partial charge is 0.262 e. The van der Waals surface area contributed by atoms with E-state index < -0.39 is 5.82 Å². The number of halogens is 2. The molecule has 30 heavy (non-hydrogen) atoms. The van der Waals surface area contributed by atoms with Crippen molar-refractivity contribution in [3.05, 3.63) is 63.7 Å². The number of fused-ring (bicyclic) bond motifs is 3. The molecule has 4 rings (SSSR count). The van der Waals surface area contributed by atoms with Crippen molar-refractivity contribution < 1.29 is 9.18 Å². The van der Waals surface area contributed by atoms with Crippen LogP contribution < -0.4 is 10.9 Å². The fraction of sp³-hybridized carbons (Fsp3) is 0.200. The summed E-state index contributed by atoms with van der Waals surface area (Å²) in [5.41, 5.74) is 0.812. The van der Waals surface area contributed by atoms with Crippen molar-refractivity contribution in [3.8, 4) is 0 Å². The molecular weight excluding hydrogens is 429 g/mol. The number of nitrogens with zero attached hydrogens (tertiary/aromatic N) is 4. The molecule has 0 radical (unpaired) electrons. The molecule has 2 heterocycles. The van der Waals surface area contributed by atoms with E-state index in [-0.39, 0.29) is 22.6 Å². The molecule has 0 saturated heterocycles. The summed E-state index contributed by atoms with van der Waals surface area (Å²) in [6.45, 7) is 2.36. The second-order valence-electron chi connectivity index (χ2n) is 6.58. The van der Waals surface area contributed by atoms with Gasteiger partial charge in [-0.15, -0.1) is 10.2 Å². The van der Waals surface area contributed by atoms with Gasteiger partial charge in [0.2, 0.25) is 11.7 Å². The molecule has 1 N–H and O–H groups in total. The topological polar surface area (TPSA) is 81.3 Å². The number of thioether (sulfide) groups is 1. The highest BCUT2D eigenvalue weighted by Crippen LogP contribution is 2.23. The molecular formula is C20H17ClFN5O2S. The zero-order valence-corrected chi connectivity index (χ0v) is 17.5. The van der Waals surface area contributed by atoms with Gasteiger partial charge >= 0.3 is 0 Å². The standard InChI is InChI=1S/C20H17ClFN5O2S/c1-2-9-26-18(29)15-10-13(22)5-8-16(15)27-19(26)24-25-20(27)30-11-17(28)23-14-6-3-12(21)4-7-14/h3-8,10H,2,9,11H2,1H3,(H,23,28). The Bertz CT molecular complexity index is 1300. The minimum absolute atomic E-state index is 0.0824. The Morgan fingerprint density at radius 2 is 1.97 bits per heavy atom. The molecule has 0 unspecified atom stereocenters. The highest BCUT2D eigenvalue weighted by Gasteiger charge is 2.18. The molecule has 10 heteroatoms. The molecule has 4 aromatic rings. The zero-order valence-electron chi connectivity index (χ0n) is 15.9. The lowest BCUT2D eigenvalue weighted by Crippen LogP contribution is -2.23. The highest BCUT2D eigenvalue weighted by atomic mass is 35.5. The average Bonchev–Trinajstić information content (AvgIpc) is 3.15. The van der Waals surface area contributed by atoms with Crippen molar-refractivity contribution in [1.82, 2.24) is 19.2 Å². The van der Waals surface area contributed by atoms with Gasteiger partial charge in [0, 0.05) is 17.3 Å². The van der Waals surface area contributed by atoms with Crippen LogP contribution in [0.2, 0.25) is 5.02 Å². The van der Waals surface area contributed by atoms with Gasteiger partial charge in [0.1, 0.15) is 5.82 Å². The van der Waals surface area contributed by atoms with Crippen LogP contribution in [0.3, 0.4) is 0 Å². The summed E-state index contributed by atoms with van der Waals surface area (Å²) in [7, 11) is 0. The monoisotopic (exact) mass is 445 g/mol. The largest absolute Gasteiger partial charge is 0.325 e. The normalized spacial score (nSPS) is 11.3. The fourth-order valence-corrected chi connectivity index (χ4v) is 4.00. The lowest BCUT2D eigenvalue weighted by molar-refractivity contribution is -0.113. The molecule has 0 bridgehead atoms. The van der Waals surface area contributed by atoms with E-state index in [2.05, 4.69) is 15.5 Å². The maximum atomic E-state index is 13.8. The number of carbonyl (C=O) groups is 1. The second kappa shape index (κ2) is 8.45. The lowest BCUT2D eigenvalue weighted by atomic mass is 10.2. The number of aryl methyl sites for hydroxylation is 1. The van der Waals surface area contributed by atoms with Gasteiger partial charge in [-0.3, -0.25) is 18.6 Å². The van der Waals surface area contributed by atoms with Gasteiger partial charge < -0.3 is 5.32 Å². The molecule has 0 atom stereocenters. The quantitative estimate of drug-likeness (QED) is 0.454. The first-order valence-corrected chi connectivity index (χ1v) is 10.6. The molecule has 0 aliphatic rings. The van der Waals surface area contributed by atoms with E-state index in [4.69, 9.17) is 11.6 Å². The van der Waals surface area contributed by atoms with Crippen LogP contribution in [0, 0.1) is 5.82 Å². The first-order chi connectivity index (χ1) is 14.5. The summed E-state index contributed by atoms with van der Waals surface area (Å²) in [5, 5.41) is 12.4. The van der Waals surface area contributed by atoms with Gasteiger partial charge in [0.05, 0.1) is 16.7 Å². The molecule has 154 valence electrons. The molecule has 0 saturated carbocycles. The number of nitrogens with one attached hydrogen (secondary N) is 1. The maximum Gasteiger partial charge on any atom is 0.262 e. The highest BCUT2D eigenvalue weighted by molar-refractivity contribution is 7.99. The Kier molecular flexibility index (Phi) is 5.74. The van der Waals surface area contributed by atoms with Crippen LogP contribution in [0.25, 0.3) is 16.7 Å². The summed E-state index contributed by atoms with van der Waals surface area (Å²) in [4.78, 5) is 25.2. The fourth-order valence-electron chi connectivity index (χ4n) is 3.14. The van der Waals surface area contributed by atoms with Crippen LogP contribution in [0.1, 0.15) is 13.3 Å². The summed E-state index contributed by atoms with van der Waals surface area (Å²) in [6, 6.07) is 10.8. The van der Waals surface area contributed by atoms with Crippen LogP contribution in [0.15, 0.2) is 52.4 Å². The number of anilines is 1. The second-order valence-corrected chi connectivity index (χ2v) is 7.96. The molecule has 0 fully saturated rings. The Hall–Kier alpha value is -2.91. The van der Waals surface area contributed by atoms with Gasteiger partial charge in [-0.05, 0) is 48.9 Å². The Morgan fingerprint density at radius 3 is 2.70 bits per heavy atom. The molecule has 2 aromatic carbocycles. The van der Waals surface area contributed by atoms with Gasteiger partial charge in [0.25, 0.3) is 5.56 Å². The van der Waals surface area contributed by atoms with Crippen molar-refractivity contribution in [2.75, 3.05) is 11.1 Å². The van der Waals surface area contributed by atoms with Crippen molar-refractivity contribution in [2.24, 2.45) is 0 Å². The third-order valence-electron chi connectivity index (χ3n) is 4.44. The molecule has 0 aliphatic heterocycles. The predicted molar refractivity (Wildman–Crippen MR) is 116 cm³/mol. The SMILES string of the molecule is CCCn1c(=O)c2cc(F)ccc2n2c(SCC(=O)Nc3ccc(Cl)cc3)nnc12. The van der Waals surface area contributed by atoms with E-state index in [1.165, 1.54) is 34.5 Å². The van der Waals surface area contributed by atoms with Crippen LogP contribution in [0.4, 0.5) is 10.1 Å². The third kappa shape index (κ3) is 3.90. The first kappa shape index (κ1) is 20.4. The number of aromatic nitrogens is 4. The minimum atomic E-state index is -0.494. The van der Waals surface area contributed by atoms with E-state index in [1.54, 1.807) is 28.7 Å². The number of hydrogen-bond donors (Lipinski definition) is 1. The van der Waals surface area contributed by atoms with Crippen LogP contribution in [-0.2, 0) is 11.3 Å². The number of hydrogen-bond acceptors (Lipinski definition) is 5. The molecule has 0 spiro atoms. The summed E-state index contributed by atoms with van der Waals surface area (Å²) < 4.78 is 17.0. The van der Waals surface area contributed by atoms with Crippen LogP contribution in [-0.4, -0.2) is 30.8 Å². The Balaban J connectivity index is 1.68. The van der Waals surface area contributed by atoms with Gasteiger partial charge in [-0.25, -0.2) is 4.39 Å². The zero-order chi connectivity index (χ0) is 21.3. The average molecular weight is 446 g/mol. The molecule has 0 aliphatic carbocycles. The summed E-state index contributed by atoms with van der Waals surface area (Å²) in [6.07, 6.45) is 0.704. The van der Waals surface area contributed by atoms with E-state index in [9.17, 15) is 14.0 Å². The van der Waals surface area contributed by atoms with Crippen molar-refractivity contribution in [2.45, 2.75) is 25.0 Å². The van der Waals surface area contributed by atoms with Crippen molar-refractivity contribution in [1.29, 1.82) is 0 Å². The predicted octanol–water partition coefficient (Wildman–Crippen LogP) is 3.98. The molecule has 1 amide bonds. The van der Waals surface area contributed by atoms with E-state index >= 15 is 0 Å². The number of benzene rings is 2. The van der Waals surface area contributed by atoms with E-state index in [0.717, 1.165) is 0 Å². The molecule has 7 nitrogen and oxygen atoms in total. The third-order valence-corrected chi connectivity index (χ3v) is 5.62. The number of rotatable bonds is 6. The summed E-state index contributed by atoms with van der Waals surface area (Å²) >= 11 is 7.03. The Morgan fingerprint density at radius 1 is 1.20 bits per heavy atom. The van der Waals surface area contributed by atoms with Crippen molar-refractivity contribution in [3.63, 3.8) is 0 Å². The lowest BCUT2D eigenvalue weighted by Gasteiger charge is -2.10. The van der Waals surface area contributed by atoms with Crippen LogP contribution >= 0.6 is 23.4 Å².